The molecule has 0 saturated carbocycles. The molecule has 1 aliphatic heterocycles. The number of unbranched alkanes of at least 4 members (excludes halogenated alkanes) is 1. The maximum absolute atomic E-state index is 14.1. The summed E-state index contributed by atoms with van der Waals surface area (Å²) < 4.78 is 81.8. The van der Waals surface area contributed by atoms with Crippen LogP contribution in [-0.4, -0.2) is 89.1 Å². The van der Waals surface area contributed by atoms with E-state index < -0.39 is 53.3 Å². The number of esters is 2. The van der Waals surface area contributed by atoms with Crippen molar-refractivity contribution < 1.29 is 60.7 Å². The summed E-state index contributed by atoms with van der Waals surface area (Å²) in [4.78, 5) is 37.7. The molecule has 268 valence electrons. The number of rotatable bonds is 17. The average Bonchev–Trinajstić information content (AvgIpc) is 3.07. The lowest BCUT2D eigenvalue weighted by Crippen LogP contribution is -2.38. The van der Waals surface area contributed by atoms with E-state index >= 15 is 0 Å². The third-order valence-corrected chi connectivity index (χ3v) is 7.11. The molecule has 0 saturated heterocycles. The molecule has 0 fully saturated rings. The van der Waals surface area contributed by atoms with Gasteiger partial charge in [0.2, 0.25) is 0 Å². The topological polar surface area (TPSA) is 154 Å². The summed E-state index contributed by atoms with van der Waals surface area (Å²) in [6, 6.07) is 11.6. The monoisotopic (exact) mass is 697 g/mol. The number of aliphatic hydroxyl groups excluding tert-OH is 1. The van der Waals surface area contributed by atoms with Crippen LogP contribution < -0.4 is 25.4 Å². The molecule has 2 aromatic rings. The van der Waals surface area contributed by atoms with Gasteiger partial charge in [0.15, 0.2) is 11.5 Å². The van der Waals surface area contributed by atoms with Crippen molar-refractivity contribution >= 4 is 18.0 Å². The molecule has 3 rings (SSSR count). The van der Waals surface area contributed by atoms with Gasteiger partial charge in [0.1, 0.15) is 24.2 Å². The number of amides is 1. The van der Waals surface area contributed by atoms with E-state index in [9.17, 15) is 37.1 Å². The van der Waals surface area contributed by atoms with E-state index in [4.69, 9.17) is 18.9 Å². The van der Waals surface area contributed by atoms with Crippen LogP contribution in [0.3, 0.4) is 0 Å². The Hall–Kier alpha value is -4.83. The highest BCUT2D eigenvalue weighted by molar-refractivity contribution is 6.00. The molecule has 1 heterocycles. The number of hydrogen-bond donors (Lipinski definition) is 4. The fraction of sp³-hybridized carbons (Fsp3) is 0.424. The molecule has 1 amide bonds. The third kappa shape index (κ3) is 11.4. The summed E-state index contributed by atoms with van der Waals surface area (Å²) in [5, 5.41) is 17.7. The zero-order chi connectivity index (χ0) is 36.0. The van der Waals surface area contributed by atoms with Gasteiger partial charge in [0, 0.05) is 25.3 Å². The Morgan fingerprint density at radius 2 is 1.63 bits per heavy atom. The average molecular weight is 698 g/mol. The Kier molecular flexibility index (Phi) is 14.7. The van der Waals surface area contributed by atoms with Crippen LogP contribution in [0, 0.1) is 5.82 Å². The Morgan fingerprint density at radius 1 is 0.939 bits per heavy atom. The number of carbonyl (C=O) groups excluding carboxylic acids is 3. The third-order valence-electron chi connectivity index (χ3n) is 7.11. The molecule has 4 N–H and O–H groups in total. The number of allylic oxidation sites excluding steroid dienone is 2. The van der Waals surface area contributed by atoms with Gasteiger partial charge >= 0.3 is 24.2 Å². The van der Waals surface area contributed by atoms with Gasteiger partial charge in [0.25, 0.3) is 0 Å². The lowest BCUT2D eigenvalue weighted by molar-refractivity contribution is -0.140. The highest BCUT2D eigenvalue weighted by Gasteiger charge is 2.47. The molecule has 0 aliphatic carbocycles. The lowest BCUT2D eigenvalue weighted by Gasteiger charge is -2.32. The number of para-hydroxylation sites is 2. The van der Waals surface area contributed by atoms with Gasteiger partial charge in [-0.25, -0.2) is 18.8 Å². The molecule has 16 heteroatoms. The van der Waals surface area contributed by atoms with Crippen molar-refractivity contribution in [2.24, 2.45) is 0 Å². The summed E-state index contributed by atoms with van der Waals surface area (Å²) in [7, 11) is 2.41. The summed E-state index contributed by atoms with van der Waals surface area (Å²) in [5.41, 5.74) is -2.98. The van der Waals surface area contributed by atoms with E-state index in [0.29, 0.717) is 18.0 Å². The molecule has 12 nitrogen and oxygen atoms in total. The second-order valence-corrected chi connectivity index (χ2v) is 10.7. The van der Waals surface area contributed by atoms with Crippen molar-refractivity contribution in [2.45, 2.75) is 38.0 Å². The van der Waals surface area contributed by atoms with Crippen LogP contribution in [0.15, 0.2) is 71.1 Å². The Morgan fingerprint density at radius 3 is 2.29 bits per heavy atom. The van der Waals surface area contributed by atoms with Gasteiger partial charge in [0.05, 0.1) is 44.5 Å². The second kappa shape index (κ2) is 18.6. The number of hydrogen-bond acceptors (Lipinski definition) is 11. The minimum Gasteiger partial charge on any atom is -0.493 e. The minimum absolute atomic E-state index is 0.0187. The van der Waals surface area contributed by atoms with E-state index in [-0.39, 0.29) is 62.6 Å². The molecule has 2 aromatic carbocycles. The van der Waals surface area contributed by atoms with Crippen LogP contribution in [0.4, 0.5) is 22.4 Å². The van der Waals surface area contributed by atoms with Crippen LogP contribution in [0.25, 0.3) is 0 Å². The number of alkyl carbamates (subject to hydrolysis) is 1. The summed E-state index contributed by atoms with van der Waals surface area (Å²) in [6.45, 7) is 1.81. The van der Waals surface area contributed by atoms with E-state index in [0.717, 1.165) is 19.2 Å². The van der Waals surface area contributed by atoms with E-state index in [1.165, 1.54) is 26.2 Å². The summed E-state index contributed by atoms with van der Waals surface area (Å²) in [5.74, 6) is -3.75. The molecule has 1 aliphatic rings. The van der Waals surface area contributed by atoms with Crippen LogP contribution in [0.5, 0.6) is 11.5 Å². The van der Waals surface area contributed by atoms with Crippen molar-refractivity contribution in [3.63, 3.8) is 0 Å². The van der Waals surface area contributed by atoms with Gasteiger partial charge in [-0.05, 0) is 49.6 Å². The quantitative estimate of drug-likeness (QED) is 0.0825. The number of alkyl halides is 3. The Bertz CT molecular complexity index is 1510. The maximum atomic E-state index is 14.1. The Labute approximate surface area is 280 Å². The smallest absolute Gasteiger partial charge is 0.431 e. The number of aliphatic hydroxyl groups is 1. The molecule has 2 atom stereocenters. The number of benzene rings is 2. The van der Waals surface area contributed by atoms with E-state index in [1.54, 1.807) is 24.3 Å². The number of halogens is 4. The van der Waals surface area contributed by atoms with Crippen LogP contribution in [0.1, 0.15) is 31.2 Å². The van der Waals surface area contributed by atoms with Crippen molar-refractivity contribution in [2.75, 3.05) is 53.7 Å². The lowest BCUT2D eigenvalue weighted by atomic mass is 9.80. The van der Waals surface area contributed by atoms with Crippen LogP contribution in [-0.2, 0) is 23.8 Å². The highest BCUT2D eigenvalue weighted by Crippen LogP contribution is 2.43. The molecule has 0 spiro atoms. The largest absolute Gasteiger partial charge is 0.493 e. The fourth-order valence-corrected chi connectivity index (χ4v) is 4.84. The normalized spacial score (nSPS) is 15.2. The molecule has 0 aromatic heterocycles. The molecule has 0 radical (unpaired) electrons. The second-order valence-electron chi connectivity index (χ2n) is 10.7. The predicted octanol–water partition coefficient (Wildman–Crippen LogP) is 3.86. The van der Waals surface area contributed by atoms with Gasteiger partial charge < -0.3 is 44.7 Å². The summed E-state index contributed by atoms with van der Waals surface area (Å²) >= 11 is 0. The van der Waals surface area contributed by atoms with Crippen molar-refractivity contribution in [3.05, 3.63) is 82.5 Å². The predicted molar refractivity (Wildman–Crippen MR) is 167 cm³/mol. The number of ether oxygens (including phenoxy) is 5. The number of nitrogens with one attached hydrogen (secondary N) is 3. The summed E-state index contributed by atoms with van der Waals surface area (Å²) in [6.07, 6.45) is -6.00. The van der Waals surface area contributed by atoms with Crippen molar-refractivity contribution in [1.29, 1.82) is 0 Å². The van der Waals surface area contributed by atoms with Gasteiger partial charge in [-0.3, -0.25) is 0 Å². The maximum Gasteiger partial charge on any atom is 0.431 e. The SMILES string of the molecule is COC(=O)C1=C(C(F)(F)F)NC(C)=C(C(=O)OCCCCOC(=O)NCCNCC(O)COc2ccccc2OC)C1c1cccc(F)c1. The zero-order valence-electron chi connectivity index (χ0n) is 27.2. The molecular formula is C33H39F4N3O9. The number of methoxy groups -OCH3 is 2. The first-order valence-electron chi connectivity index (χ1n) is 15.2. The molecule has 49 heavy (non-hydrogen) atoms. The first-order valence-corrected chi connectivity index (χ1v) is 15.2. The highest BCUT2D eigenvalue weighted by atomic mass is 19.4. The Balaban J connectivity index is 1.41. The first-order chi connectivity index (χ1) is 23.4. The fourth-order valence-electron chi connectivity index (χ4n) is 4.84. The molecular weight excluding hydrogens is 658 g/mol. The van der Waals surface area contributed by atoms with E-state index in [2.05, 4.69) is 20.7 Å². The van der Waals surface area contributed by atoms with Gasteiger partial charge in [-0.1, -0.05) is 24.3 Å². The van der Waals surface area contributed by atoms with Crippen molar-refractivity contribution in [3.8, 4) is 11.5 Å². The zero-order valence-corrected chi connectivity index (χ0v) is 27.2. The van der Waals surface area contributed by atoms with Gasteiger partial charge in [-0.15, -0.1) is 0 Å². The number of dihydropyridines is 1. The molecule has 0 bridgehead atoms. The number of carbonyl (C=O) groups is 3. The van der Waals surface area contributed by atoms with Crippen LogP contribution in [0.2, 0.25) is 0 Å². The van der Waals surface area contributed by atoms with Crippen LogP contribution >= 0.6 is 0 Å². The molecule has 2 unspecified atom stereocenters. The standard InChI is InChI=1S/C33H39F4N3O9/c1-20-26(27(21-9-8-10-22(34)17-21)28(30(42)46-3)29(40-20)33(35,36)37)31(43)47-15-6-7-16-48-32(44)39-14-13-38-18-23(41)19-49-25-12-5-4-11-24(25)45-2/h4-5,8-12,17,23,27,38,40-41H,6-7,13-16,18-19H2,1-3H3,(H,39,44). The first kappa shape index (κ1) is 38.6. The van der Waals surface area contributed by atoms with Gasteiger partial charge in [-0.2, -0.15) is 13.2 Å². The minimum atomic E-state index is -5.02. The van der Waals surface area contributed by atoms with Crippen molar-refractivity contribution in [1.82, 2.24) is 16.0 Å². The van der Waals surface area contributed by atoms with E-state index in [1.807, 2.05) is 0 Å².